The van der Waals surface area contributed by atoms with Crippen LogP contribution in [-0.2, 0) is 19.2 Å². The van der Waals surface area contributed by atoms with Gasteiger partial charge in [-0.3, -0.25) is 14.4 Å². The van der Waals surface area contributed by atoms with Crippen LogP contribution < -0.4 is 16.0 Å². The molecule has 4 N–H and O–H groups in total. The first-order valence-electron chi connectivity index (χ1n) is 18.1. The molecule has 0 fully saturated rings. The molecule has 0 aromatic rings. The first-order chi connectivity index (χ1) is 21.4. The van der Waals surface area contributed by atoms with E-state index in [1.165, 1.54) is 57.8 Å². The normalized spacial score (nSPS) is 13.4. The molecule has 0 spiro atoms. The number of rotatable bonds is 30. The lowest BCUT2D eigenvalue weighted by atomic mass is 9.89. The number of carbonyl (C=O) groups is 4. The van der Waals surface area contributed by atoms with Gasteiger partial charge in [0.15, 0.2) is 5.78 Å². The van der Waals surface area contributed by atoms with E-state index in [1.807, 2.05) is 27.7 Å². The second-order valence-electron chi connectivity index (χ2n) is 13.8. The van der Waals surface area contributed by atoms with Crippen LogP contribution in [0.4, 0.5) is 0 Å². The monoisotopic (exact) mass is 636 g/mol. The quantitative estimate of drug-likeness (QED) is 0.0470. The lowest BCUT2D eigenvalue weighted by Crippen LogP contribution is -2.42. The number of carbonyl (C=O) groups excluding carboxylic acids is 3. The third-order valence-corrected chi connectivity index (χ3v) is 8.35. The molecule has 0 aromatic carbocycles. The lowest BCUT2D eigenvalue weighted by molar-refractivity contribution is -0.142. The predicted molar refractivity (Wildman–Crippen MR) is 186 cm³/mol. The van der Waals surface area contributed by atoms with Gasteiger partial charge in [-0.05, 0) is 57.8 Å². The van der Waals surface area contributed by atoms with E-state index in [0.717, 1.165) is 37.7 Å². The van der Waals surface area contributed by atoms with Crippen LogP contribution in [0.3, 0.4) is 0 Å². The highest BCUT2D eigenvalue weighted by atomic mass is 16.4. The molecule has 0 saturated carbocycles. The predicted octanol–water partition coefficient (Wildman–Crippen LogP) is 7.89. The Bertz CT molecular complexity index is 842. The van der Waals surface area contributed by atoms with Gasteiger partial charge in [0.05, 0.1) is 6.04 Å². The molecule has 8 nitrogen and oxygen atoms in total. The summed E-state index contributed by atoms with van der Waals surface area (Å²) in [6.45, 7) is 16.7. The number of nitrogens with one attached hydrogen (secondary N) is 3. The number of hydrogen-bond donors (Lipinski definition) is 4. The summed E-state index contributed by atoms with van der Waals surface area (Å²) in [5.74, 6) is -0.955. The molecular formula is C37H69N3O5. The number of unbranched alkanes of at least 4 members (excludes halogenated alkanes) is 9. The third kappa shape index (κ3) is 24.7. The molecule has 0 bridgehead atoms. The molecule has 0 aliphatic rings. The van der Waals surface area contributed by atoms with E-state index in [-0.39, 0.29) is 54.9 Å². The first-order valence-corrected chi connectivity index (χ1v) is 18.1. The summed E-state index contributed by atoms with van der Waals surface area (Å²) in [4.78, 5) is 49.1. The number of ketones is 1. The summed E-state index contributed by atoms with van der Waals surface area (Å²) in [6.07, 6.45) is 18.1. The van der Waals surface area contributed by atoms with Crippen molar-refractivity contribution in [3.8, 4) is 0 Å². The SMILES string of the molecule is C=C(C)CC(CCCCCCCCCCC)CCCC(=O)N[C@@H](CCC(=O)NCCCC[C@H](NC(C)C)C(=O)C(C)C)C(=O)O. The number of amides is 2. The minimum Gasteiger partial charge on any atom is -0.480 e. The number of aliphatic carboxylic acids is 1. The Kier molecular flexibility index (Phi) is 25.6. The van der Waals surface area contributed by atoms with Gasteiger partial charge in [-0.1, -0.05) is 104 Å². The van der Waals surface area contributed by atoms with Crippen LogP contribution in [0.25, 0.3) is 0 Å². The average Bonchev–Trinajstić information content (AvgIpc) is 2.96. The Labute approximate surface area is 275 Å². The Hall–Kier alpha value is -2.22. The highest BCUT2D eigenvalue weighted by Crippen LogP contribution is 2.24. The van der Waals surface area contributed by atoms with Crippen molar-refractivity contribution in [2.45, 2.75) is 182 Å². The topological polar surface area (TPSA) is 125 Å². The van der Waals surface area contributed by atoms with Crippen LogP contribution in [0, 0.1) is 11.8 Å². The molecule has 0 radical (unpaired) electrons. The van der Waals surface area contributed by atoms with Crippen molar-refractivity contribution in [1.29, 1.82) is 0 Å². The highest BCUT2D eigenvalue weighted by Gasteiger charge is 2.22. The van der Waals surface area contributed by atoms with Gasteiger partial charge < -0.3 is 21.1 Å². The zero-order valence-electron chi connectivity index (χ0n) is 29.8. The molecule has 45 heavy (non-hydrogen) atoms. The van der Waals surface area contributed by atoms with Crippen molar-refractivity contribution in [3.63, 3.8) is 0 Å². The highest BCUT2D eigenvalue weighted by molar-refractivity contribution is 5.86. The molecule has 0 aliphatic heterocycles. The van der Waals surface area contributed by atoms with Crippen LogP contribution in [0.1, 0.15) is 164 Å². The van der Waals surface area contributed by atoms with Crippen molar-refractivity contribution in [1.82, 2.24) is 16.0 Å². The van der Waals surface area contributed by atoms with Crippen molar-refractivity contribution in [2.24, 2.45) is 11.8 Å². The van der Waals surface area contributed by atoms with E-state index in [4.69, 9.17) is 0 Å². The molecule has 0 rings (SSSR count). The minimum absolute atomic E-state index is 0.0278. The number of carboxylic acid groups (broad SMARTS) is 1. The van der Waals surface area contributed by atoms with Gasteiger partial charge in [0.1, 0.15) is 6.04 Å². The van der Waals surface area contributed by atoms with Crippen molar-refractivity contribution in [2.75, 3.05) is 6.54 Å². The number of carboxylic acids is 1. The van der Waals surface area contributed by atoms with E-state index in [1.54, 1.807) is 0 Å². The Balaban J connectivity index is 4.36. The average molecular weight is 636 g/mol. The van der Waals surface area contributed by atoms with Crippen molar-refractivity contribution < 1.29 is 24.3 Å². The van der Waals surface area contributed by atoms with E-state index < -0.39 is 12.0 Å². The van der Waals surface area contributed by atoms with Gasteiger partial charge in [0.25, 0.3) is 0 Å². The summed E-state index contributed by atoms with van der Waals surface area (Å²) in [7, 11) is 0. The second-order valence-corrected chi connectivity index (χ2v) is 13.8. The van der Waals surface area contributed by atoms with Gasteiger partial charge in [-0.15, -0.1) is 6.58 Å². The molecule has 0 aromatic heterocycles. The fourth-order valence-corrected chi connectivity index (χ4v) is 5.84. The van der Waals surface area contributed by atoms with Gasteiger partial charge in [-0.25, -0.2) is 4.79 Å². The van der Waals surface area contributed by atoms with Crippen LogP contribution in [0.5, 0.6) is 0 Å². The van der Waals surface area contributed by atoms with Crippen molar-refractivity contribution in [3.05, 3.63) is 12.2 Å². The summed E-state index contributed by atoms with van der Waals surface area (Å²) in [6, 6.07) is -1.05. The minimum atomic E-state index is -1.12. The fourth-order valence-electron chi connectivity index (χ4n) is 5.84. The van der Waals surface area contributed by atoms with Gasteiger partial charge in [0.2, 0.25) is 11.8 Å². The molecule has 262 valence electrons. The van der Waals surface area contributed by atoms with Crippen molar-refractivity contribution >= 4 is 23.6 Å². The maximum absolute atomic E-state index is 12.6. The second kappa shape index (κ2) is 26.9. The number of allylic oxidation sites excluding steroid dienone is 1. The zero-order chi connectivity index (χ0) is 34.0. The number of hydrogen-bond acceptors (Lipinski definition) is 5. The maximum atomic E-state index is 12.6. The molecular weight excluding hydrogens is 566 g/mol. The van der Waals surface area contributed by atoms with Crippen LogP contribution >= 0.6 is 0 Å². The van der Waals surface area contributed by atoms with Crippen LogP contribution in [-0.4, -0.2) is 53.3 Å². The molecule has 8 heteroatoms. The molecule has 0 saturated heterocycles. The summed E-state index contributed by atoms with van der Waals surface area (Å²) < 4.78 is 0. The molecule has 0 heterocycles. The largest absolute Gasteiger partial charge is 0.480 e. The Morgan fingerprint density at radius 2 is 1.27 bits per heavy atom. The summed E-state index contributed by atoms with van der Waals surface area (Å²) in [5.41, 5.74) is 1.16. The Morgan fingerprint density at radius 1 is 0.689 bits per heavy atom. The molecule has 1 unspecified atom stereocenters. The molecule has 2 amide bonds. The van der Waals surface area contributed by atoms with Crippen LogP contribution in [0.15, 0.2) is 12.2 Å². The smallest absolute Gasteiger partial charge is 0.326 e. The van der Waals surface area contributed by atoms with E-state index in [2.05, 4.69) is 36.4 Å². The first kappa shape index (κ1) is 42.8. The van der Waals surface area contributed by atoms with Gasteiger partial charge >= 0.3 is 5.97 Å². The number of Topliss-reactive ketones (excluding diaryl/α,β-unsaturated/α-hetero) is 1. The maximum Gasteiger partial charge on any atom is 0.326 e. The summed E-state index contributed by atoms with van der Waals surface area (Å²) >= 11 is 0. The van der Waals surface area contributed by atoms with Gasteiger partial charge in [-0.2, -0.15) is 0 Å². The molecule has 0 aliphatic carbocycles. The van der Waals surface area contributed by atoms with Gasteiger partial charge in [0, 0.05) is 31.3 Å². The zero-order valence-corrected chi connectivity index (χ0v) is 29.8. The fraction of sp³-hybridized carbons (Fsp3) is 0.838. The Morgan fingerprint density at radius 3 is 1.82 bits per heavy atom. The van der Waals surface area contributed by atoms with Crippen LogP contribution in [0.2, 0.25) is 0 Å². The third-order valence-electron chi connectivity index (χ3n) is 8.35. The summed E-state index contributed by atoms with van der Waals surface area (Å²) in [5, 5.41) is 18.4. The lowest BCUT2D eigenvalue weighted by Gasteiger charge is -2.22. The van der Waals surface area contributed by atoms with E-state index in [0.29, 0.717) is 25.3 Å². The molecule has 3 atom stereocenters. The standard InChI is InChI=1S/C37H69N3O5/c1-8-9-10-11-12-13-14-15-16-20-31(27-28(2)3)21-19-23-35(42)40-33(37(44)45)24-25-34(41)38-26-18-17-22-32(39-30(6)7)36(43)29(4)5/h29-33,39H,2,8-27H2,1,3-7H3,(H,38,41)(H,40,42)(H,44,45)/t31?,32-,33-/m0/s1. The van der Waals surface area contributed by atoms with E-state index >= 15 is 0 Å². The van der Waals surface area contributed by atoms with E-state index in [9.17, 15) is 24.3 Å².